The summed E-state index contributed by atoms with van der Waals surface area (Å²) in [5.74, 6) is 0.173. The number of rotatable bonds is 2. The van der Waals surface area contributed by atoms with Crippen molar-refractivity contribution in [3.63, 3.8) is 0 Å². The third-order valence-corrected chi connectivity index (χ3v) is 3.38. The molecule has 2 aromatic rings. The van der Waals surface area contributed by atoms with Gasteiger partial charge in [0, 0.05) is 31.7 Å². The summed E-state index contributed by atoms with van der Waals surface area (Å²) in [4.78, 5) is 20.3. The third-order valence-electron chi connectivity index (χ3n) is 3.38. The van der Waals surface area contributed by atoms with Crippen LogP contribution in [0, 0.1) is 0 Å². The van der Waals surface area contributed by atoms with Crippen molar-refractivity contribution in [1.82, 2.24) is 15.3 Å². The van der Waals surface area contributed by atoms with Crippen molar-refractivity contribution in [3.8, 4) is 17.0 Å². The first-order valence-electron chi connectivity index (χ1n) is 6.58. The molecule has 6 nitrogen and oxygen atoms in total. The number of hydrogen-bond acceptors (Lipinski definition) is 5. The van der Waals surface area contributed by atoms with E-state index in [1.807, 2.05) is 6.07 Å². The molecule has 104 valence electrons. The van der Waals surface area contributed by atoms with Crippen LogP contribution in [0.2, 0.25) is 0 Å². The quantitative estimate of drug-likeness (QED) is 0.744. The minimum atomic E-state index is -0.387. The first-order valence-corrected chi connectivity index (χ1v) is 6.58. The molecular weight excluding hydrogens is 256 g/mol. The number of H-pyrrole nitrogens is 1. The Balaban J connectivity index is 2.08. The fraction of sp³-hybridized carbons (Fsp3) is 0.286. The van der Waals surface area contributed by atoms with Crippen molar-refractivity contribution in [2.45, 2.75) is 0 Å². The second kappa shape index (κ2) is 5.34. The van der Waals surface area contributed by atoms with Gasteiger partial charge in [-0.1, -0.05) is 12.1 Å². The summed E-state index contributed by atoms with van der Waals surface area (Å²) in [5, 5.41) is 12.9. The Morgan fingerprint density at radius 3 is 2.80 bits per heavy atom. The van der Waals surface area contributed by atoms with Gasteiger partial charge in [0.2, 0.25) is 0 Å². The van der Waals surface area contributed by atoms with E-state index < -0.39 is 0 Å². The fourth-order valence-electron chi connectivity index (χ4n) is 2.41. The van der Waals surface area contributed by atoms with Gasteiger partial charge in [-0.2, -0.15) is 4.98 Å². The van der Waals surface area contributed by atoms with Gasteiger partial charge in [-0.15, -0.1) is 0 Å². The first-order chi connectivity index (χ1) is 9.74. The molecule has 3 N–H and O–H groups in total. The van der Waals surface area contributed by atoms with Gasteiger partial charge in [-0.05, 0) is 12.1 Å². The highest BCUT2D eigenvalue weighted by atomic mass is 16.3. The number of piperazine rings is 1. The number of aromatic amines is 1. The van der Waals surface area contributed by atoms with E-state index >= 15 is 0 Å². The molecule has 6 heteroatoms. The maximum Gasteiger partial charge on any atom is 0.345 e. The third kappa shape index (κ3) is 2.50. The van der Waals surface area contributed by atoms with Crippen LogP contribution in [0.15, 0.2) is 35.3 Å². The molecule has 3 rings (SSSR count). The number of aromatic hydroxyl groups is 1. The molecule has 1 aromatic heterocycles. The predicted molar refractivity (Wildman–Crippen MR) is 77.0 cm³/mol. The summed E-state index contributed by atoms with van der Waals surface area (Å²) >= 11 is 0. The van der Waals surface area contributed by atoms with Gasteiger partial charge in [0.05, 0.1) is 17.6 Å². The van der Waals surface area contributed by atoms with Gasteiger partial charge in [-0.25, -0.2) is 4.79 Å². The van der Waals surface area contributed by atoms with E-state index in [-0.39, 0.29) is 11.4 Å². The molecule has 1 aliphatic heterocycles. The predicted octanol–water partition coefficient (Wildman–Crippen LogP) is 0.552. The van der Waals surface area contributed by atoms with E-state index in [0.717, 1.165) is 37.4 Å². The lowest BCUT2D eigenvalue weighted by Crippen LogP contribution is -2.44. The molecule has 0 amide bonds. The lowest BCUT2D eigenvalue weighted by Gasteiger charge is -2.30. The first kappa shape index (κ1) is 12.7. The smallest absolute Gasteiger partial charge is 0.345 e. The summed E-state index contributed by atoms with van der Waals surface area (Å²) in [5.41, 5.74) is 1.97. The van der Waals surface area contributed by atoms with Crippen molar-refractivity contribution in [2.24, 2.45) is 0 Å². The second-order valence-electron chi connectivity index (χ2n) is 4.74. The standard InChI is InChI=1S/C14H16N4O2/c19-11-3-1-2-10(8-11)13-12(9-16-14(20)17-13)18-6-4-15-5-7-18/h1-3,8-9,15,19H,4-7H2,(H,16,17,20). The van der Waals surface area contributed by atoms with E-state index in [1.54, 1.807) is 24.4 Å². The zero-order chi connectivity index (χ0) is 13.9. The summed E-state index contributed by atoms with van der Waals surface area (Å²) in [6, 6.07) is 6.85. The Kier molecular flexibility index (Phi) is 3.39. The van der Waals surface area contributed by atoms with Crippen LogP contribution in [-0.4, -0.2) is 41.3 Å². The van der Waals surface area contributed by atoms with Crippen LogP contribution in [0.4, 0.5) is 5.69 Å². The number of hydrogen-bond donors (Lipinski definition) is 3. The molecule has 1 aromatic carbocycles. The van der Waals surface area contributed by atoms with E-state index in [4.69, 9.17) is 0 Å². The number of benzene rings is 1. The summed E-state index contributed by atoms with van der Waals surface area (Å²) < 4.78 is 0. The minimum absolute atomic E-state index is 0.173. The maximum absolute atomic E-state index is 11.5. The number of aromatic nitrogens is 2. The monoisotopic (exact) mass is 272 g/mol. The van der Waals surface area contributed by atoms with Crippen LogP contribution in [0.1, 0.15) is 0 Å². The van der Waals surface area contributed by atoms with Crippen molar-refractivity contribution < 1.29 is 5.11 Å². The molecule has 2 heterocycles. The molecule has 1 aliphatic rings. The second-order valence-corrected chi connectivity index (χ2v) is 4.74. The zero-order valence-corrected chi connectivity index (χ0v) is 11.0. The molecule has 20 heavy (non-hydrogen) atoms. The van der Waals surface area contributed by atoms with Crippen molar-refractivity contribution in [1.29, 1.82) is 0 Å². The van der Waals surface area contributed by atoms with Crippen molar-refractivity contribution in [3.05, 3.63) is 40.9 Å². The molecule has 1 fully saturated rings. The number of phenols is 1. The molecule has 0 aliphatic carbocycles. The van der Waals surface area contributed by atoms with E-state index in [9.17, 15) is 9.90 Å². The van der Waals surface area contributed by atoms with Crippen LogP contribution in [0.25, 0.3) is 11.3 Å². The topological polar surface area (TPSA) is 81.2 Å². The van der Waals surface area contributed by atoms with Crippen LogP contribution in [0.3, 0.4) is 0 Å². The van der Waals surface area contributed by atoms with Crippen molar-refractivity contribution >= 4 is 5.69 Å². The highest BCUT2D eigenvalue weighted by Gasteiger charge is 2.16. The van der Waals surface area contributed by atoms with Crippen LogP contribution < -0.4 is 15.9 Å². The summed E-state index contributed by atoms with van der Waals surface area (Å²) in [6.07, 6.45) is 1.60. The van der Waals surface area contributed by atoms with Gasteiger partial charge in [0.25, 0.3) is 0 Å². The molecule has 0 bridgehead atoms. The average Bonchev–Trinajstić information content (AvgIpc) is 2.48. The van der Waals surface area contributed by atoms with Crippen molar-refractivity contribution in [2.75, 3.05) is 31.1 Å². The van der Waals surface area contributed by atoms with E-state index in [0.29, 0.717) is 5.69 Å². The van der Waals surface area contributed by atoms with Gasteiger partial charge in [0.15, 0.2) is 0 Å². The highest BCUT2D eigenvalue weighted by molar-refractivity contribution is 5.75. The van der Waals surface area contributed by atoms with Gasteiger partial charge in [-0.3, -0.25) is 0 Å². The van der Waals surface area contributed by atoms with Gasteiger partial charge < -0.3 is 20.3 Å². The lowest BCUT2D eigenvalue weighted by atomic mass is 10.1. The summed E-state index contributed by atoms with van der Waals surface area (Å²) in [6.45, 7) is 3.52. The van der Waals surface area contributed by atoms with Gasteiger partial charge in [0.1, 0.15) is 5.75 Å². The molecule has 0 spiro atoms. The number of nitrogens with zero attached hydrogens (tertiary/aromatic N) is 2. The Bertz CT molecular complexity index is 662. The van der Waals surface area contributed by atoms with Crippen LogP contribution in [-0.2, 0) is 0 Å². The lowest BCUT2D eigenvalue weighted by molar-refractivity contribution is 0.475. The molecule has 1 saturated heterocycles. The fourth-order valence-corrected chi connectivity index (χ4v) is 2.41. The molecule has 0 saturated carbocycles. The van der Waals surface area contributed by atoms with Crippen LogP contribution in [0.5, 0.6) is 5.75 Å². The number of nitrogens with one attached hydrogen (secondary N) is 2. The Labute approximate surface area is 116 Å². The molecule has 0 atom stereocenters. The SMILES string of the molecule is O=c1ncc(N2CCNCC2)c(-c2cccc(O)c2)[nH]1. The molecule has 0 unspecified atom stereocenters. The Morgan fingerprint density at radius 2 is 2.05 bits per heavy atom. The van der Waals surface area contributed by atoms with Crippen LogP contribution >= 0.6 is 0 Å². The zero-order valence-electron chi connectivity index (χ0n) is 11.0. The van der Waals surface area contributed by atoms with E-state index in [2.05, 4.69) is 20.2 Å². The highest BCUT2D eigenvalue weighted by Crippen LogP contribution is 2.29. The molecule has 0 radical (unpaired) electrons. The molecular formula is C14H16N4O2. The normalized spacial score (nSPS) is 15.3. The summed E-state index contributed by atoms with van der Waals surface area (Å²) in [7, 11) is 0. The van der Waals surface area contributed by atoms with Gasteiger partial charge >= 0.3 is 5.69 Å². The number of anilines is 1. The minimum Gasteiger partial charge on any atom is -0.508 e. The average molecular weight is 272 g/mol. The largest absolute Gasteiger partial charge is 0.508 e. The maximum atomic E-state index is 11.5. The van der Waals surface area contributed by atoms with E-state index in [1.165, 1.54) is 0 Å². The number of phenolic OH excluding ortho intramolecular Hbond substituents is 1. The Hall–Kier alpha value is -2.34. The Morgan fingerprint density at radius 1 is 1.25 bits per heavy atom.